The van der Waals surface area contributed by atoms with Crippen LogP contribution in [0.2, 0.25) is 0 Å². The smallest absolute Gasteiger partial charge is 0.0616 e. The summed E-state index contributed by atoms with van der Waals surface area (Å²) in [5, 5.41) is 5.32. The zero-order valence-corrected chi connectivity index (χ0v) is 18.9. The first-order valence-corrected chi connectivity index (χ1v) is 11.6. The van der Waals surface area contributed by atoms with Crippen molar-refractivity contribution in [3.8, 4) is 11.1 Å². The molecule has 0 heterocycles. The average Bonchev–Trinajstić information content (AvgIpc) is 3.09. The van der Waals surface area contributed by atoms with E-state index in [1.54, 1.807) is 6.07 Å². The lowest BCUT2D eigenvalue weighted by molar-refractivity contribution is 1.72. The fraction of sp³-hybridized carbons (Fsp3) is 0. The molecule has 0 aromatic heterocycles. The van der Waals surface area contributed by atoms with Crippen molar-refractivity contribution >= 4 is 64.6 Å². The SMILES string of the molecule is [2H]c1c([2H])c([2H])c2c([2H])c3c(c([2H])c([2H])c4c([2H])c([2H])c([2H])c([2H])c43)c(-c3ccc4c5ccccc5c5ccccc5c4c3)c2c1[2H]. The monoisotopic (exact) mass is 465 g/mol. The van der Waals surface area contributed by atoms with E-state index < -0.39 is 66.5 Å². The molecule has 0 heteroatoms. The van der Waals surface area contributed by atoms with Crippen LogP contribution < -0.4 is 0 Å². The summed E-state index contributed by atoms with van der Waals surface area (Å²) in [6.07, 6.45) is 0. The average molecular weight is 466 g/mol. The lowest BCUT2D eigenvalue weighted by atomic mass is 9.87. The molecule has 0 aliphatic carbocycles. The van der Waals surface area contributed by atoms with E-state index in [2.05, 4.69) is 6.07 Å². The third kappa shape index (κ3) is 2.70. The lowest BCUT2D eigenvalue weighted by Gasteiger charge is -2.16. The molecular weight excluding hydrogens is 432 g/mol. The van der Waals surface area contributed by atoms with Gasteiger partial charge in [0, 0.05) is 0 Å². The molecule has 0 amide bonds. The first-order chi connectivity index (χ1) is 22.5. The van der Waals surface area contributed by atoms with Gasteiger partial charge in [0.05, 0.1) is 15.1 Å². The topological polar surface area (TPSA) is 0 Å². The van der Waals surface area contributed by atoms with Crippen molar-refractivity contribution in [3.05, 3.63) is 133 Å². The van der Waals surface area contributed by atoms with Crippen molar-refractivity contribution in [2.75, 3.05) is 0 Å². The largest absolute Gasteiger partial charge is 0.0636 e. The van der Waals surface area contributed by atoms with Gasteiger partial charge in [-0.05, 0) is 87.9 Å². The predicted molar refractivity (Wildman–Crippen MR) is 157 cm³/mol. The van der Waals surface area contributed by atoms with Crippen LogP contribution in [0.4, 0.5) is 0 Å². The number of rotatable bonds is 1. The maximum absolute atomic E-state index is 9.32. The zero-order chi connectivity index (χ0) is 33.2. The summed E-state index contributed by atoms with van der Waals surface area (Å²) < 4.78 is 96.4. The quantitative estimate of drug-likeness (QED) is 0.167. The summed E-state index contributed by atoms with van der Waals surface area (Å²) in [6, 6.07) is 16.3. The van der Waals surface area contributed by atoms with E-state index in [1.807, 2.05) is 54.6 Å². The Kier molecular flexibility index (Phi) is 2.44. The van der Waals surface area contributed by atoms with Crippen LogP contribution >= 0.6 is 0 Å². The Morgan fingerprint density at radius 2 is 0.972 bits per heavy atom. The molecule has 0 unspecified atom stereocenters. The Balaban J connectivity index is 1.69. The van der Waals surface area contributed by atoms with Crippen LogP contribution in [0, 0.1) is 0 Å². The Bertz CT molecular complexity index is 2720. The minimum atomic E-state index is -0.571. The summed E-state index contributed by atoms with van der Waals surface area (Å²) in [6.45, 7) is 0. The molecule has 8 aromatic rings. The molecule has 0 saturated carbocycles. The van der Waals surface area contributed by atoms with Gasteiger partial charge in [0.1, 0.15) is 0 Å². The van der Waals surface area contributed by atoms with Crippen LogP contribution in [0.3, 0.4) is 0 Å². The number of hydrogen-bond donors (Lipinski definition) is 0. The standard InChI is InChI=1S/C36H22/c1-3-11-26-23(9-1)17-20-33-34(26)21-24-10-2-4-12-27(24)36(33)25-18-19-32-30-15-6-5-13-28(30)29-14-7-8-16-31(29)35(32)22-25/h1-22H/i1D,2D,3D,4D,9D,10D,11D,12D,17D,20D,21D. The summed E-state index contributed by atoms with van der Waals surface area (Å²) in [4.78, 5) is 0. The van der Waals surface area contributed by atoms with Gasteiger partial charge in [0.25, 0.3) is 0 Å². The fourth-order valence-electron chi connectivity index (χ4n) is 5.41. The number of hydrogen-bond acceptors (Lipinski definition) is 0. The molecule has 0 spiro atoms. The van der Waals surface area contributed by atoms with Gasteiger partial charge in [-0.15, -0.1) is 0 Å². The Morgan fingerprint density at radius 3 is 1.69 bits per heavy atom. The highest BCUT2D eigenvalue weighted by atomic mass is 14.2. The van der Waals surface area contributed by atoms with Crippen molar-refractivity contribution < 1.29 is 15.1 Å². The van der Waals surface area contributed by atoms with Gasteiger partial charge in [-0.1, -0.05) is 121 Å². The van der Waals surface area contributed by atoms with E-state index >= 15 is 0 Å². The second kappa shape index (κ2) is 7.41. The van der Waals surface area contributed by atoms with Gasteiger partial charge in [-0.2, -0.15) is 0 Å². The molecule has 8 aromatic carbocycles. The highest BCUT2D eigenvalue weighted by Gasteiger charge is 2.14. The molecular formula is C36H22. The van der Waals surface area contributed by atoms with Crippen LogP contribution in [-0.2, 0) is 0 Å². The highest BCUT2D eigenvalue weighted by molar-refractivity contribution is 6.27. The van der Waals surface area contributed by atoms with Gasteiger partial charge >= 0.3 is 0 Å². The summed E-state index contributed by atoms with van der Waals surface area (Å²) in [5.41, 5.74) is 0.677. The van der Waals surface area contributed by atoms with Crippen LogP contribution in [0.25, 0.3) is 75.8 Å². The molecule has 8 rings (SSSR count). The van der Waals surface area contributed by atoms with Crippen LogP contribution in [0.5, 0.6) is 0 Å². The second-order valence-electron chi connectivity index (χ2n) is 8.85. The van der Waals surface area contributed by atoms with Crippen LogP contribution in [0.1, 0.15) is 15.1 Å². The summed E-state index contributed by atoms with van der Waals surface area (Å²) >= 11 is 0. The molecule has 0 aliphatic rings. The molecule has 0 saturated heterocycles. The third-order valence-electron chi connectivity index (χ3n) is 6.97. The summed E-state index contributed by atoms with van der Waals surface area (Å²) in [5.74, 6) is 0. The molecule has 0 atom stereocenters. The van der Waals surface area contributed by atoms with Gasteiger partial charge < -0.3 is 0 Å². The van der Waals surface area contributed by atoms with Crippen molar-refractivity contribution in [2.45, 2.75) is 0 Å². The zero-order valence-electron chi connectivity index (χ0n) is 29.9. The third-order valence-corrected chi connectivity index (χ3v) is 6.97. The molecule has 0 nitrogen and oxygen atoms in total. The van der Waals surface area contributed by atoms with Crippen molar-refractivity contribution in [3.63, 3.8) is 0 Å². The van der Waals surface area contributed by atoms with E-state index in [-0.39, 0.29) is 37.9 Å². The molecule has 166 valence electrons. The van der Waals surface area contributed by atoms with Crippen LogP contribution in [-0.4, -0.2) is 0 Å². The van der Waals surface area contributed by atoms with Crippen molar-refractivity contribution in [2.24, 2.45) is 0 Å². The first-order valence-electron chi connectivity index (χ1n) is 17.1. The van der Waals surface area contributed by atoms with Gasteiger partial charge in [0.15, 0.2) is 0 Å². The van der Waals surface area contributed by atoms with E-state index in [1.165, 1.54) is 0 Å². The predicted octanol–water partition coefficient (Wildman–Crippen LogP) is 10.3. The van der Waals surface area contributed by atoms with E-state index in [9.17, 15) is 2.74 Å². The van der Waals surface area contributed by atoms with E-state index in [0.717, 1.165) is 32.3 Å². The number of benzene rings is 8. The molecule has 36 heavy (non-hydrogen) atoms. The lowest BCUT2D eigenvalue weighted by Crippen LogP contribution is -1.88. The van der Waals surface area contributed by atoms with E-state index in [0.29, 0.717) is 5.56 Å². The maximum Gasteiger partial charge on any atom is 0.0636 e. The van der Waals surface area contributed by atoms with Gasteiger partial charge in [-0.3, -0.25) is 0 Å². The second-order valence-corrected chi connectivity index (χ2v) is 8.85. The molecule has 0 fully saturated rings. The van der Waals surface area contributed by atoms with Crippen molar-refractivity contribution in [1.29, 1.82) is 0 Å². The fourth-order valence-corrected chi connectivity index (χ4v) is 5.41. The maximum atomic E-state index is 9.32. The normalized spacial score (nSPS) is 16.2. The molecule has 0 N–H and O–H groups in total. The van der Waals surface area contributed by atoms with Gasteiger partial charge in [-0.25, -0.2) is 0 Å². The van der Waals surface area contributed by atoms with Gasteiger partial charge in [0.2, 0.25) is 0 Å². The summed E-state index contributed by atoms with van der Waals surface area (Å²) in [7, 11) is 0. The van der Waals surface area contributed by atoms with E-state index in [4.69, 9.17) is 12.3 Å². The Hall–Kier alpha value is -4.68. The number of fused-ring (bicyclic) bond motifs is 10. The Labute approximate surface area is 224 Å². The Morgan fingerprint density at radius 1 is 0.389 bits per heavy atom. The molecule has 0 aliphatic heterocycles. The minimum Gasteiger partial charge on any atom is -0.0616 e. The molecule has 0 bridgehead atoms. The van der Waals surface area contributed by atoms with Crippen molar-refractivity contribution in [1.82, 2.24) is 0 Å². The minimum absolute atomic E-state index is 0.00558. The first kappa shape index (κ1) is 11.8. The highest BCUT2D eigenvalue weighted by Crippen LogP contribution is 2.42. The molecule has 0 radical (unpaired) electrons. The van der Waals surface area contributed by atoms with Crippen LogP contribution in [0.15, 0.2) is 133 Å².